The van der Waals surface area contributed by atoms with Gasteiger partial charge in [-0.05, 0) is 0 Å². The van der Waals surface area contributed by atoms with E-state index in [9.17, 15) is 24.9 Å². The van der Waals surface area contributed by atoms with Crippen LogP contribution < -0.4 is 4.87 Å². The lowest BCUT2D eigenvalue weighted by atomic mass is 9.94. The van der Waals surface area contributed by atoms with Crippen molar-refractivity contribution >= 4 is 29.0 Å². The molecule has 138 valence electrons. The van der Waals surface area contributed by atoms with Gasteiger partial charge in [0, 0.05) is 35.6 Å². The Morgan fingerprint density at radius 3 is 2.60 bits per heavy atom. The zero-order valence-electron chi connectivity index (χ0n) is 13.4. The minimum absolute atomic E-state index is 0.0315. The molecule has 1 amide bonds. The monoisotopic (exact) mass is 388 g/mol. The molecule has 1 aromatic heterocycles. The van der Waals surface area contributed by atoms with Crippen LogP contribution in [0, 0.1) is 5.92 Å². The Labute approximate surface area is 152 Å². The summed E-state index contributed by atoms with van der Waals surface area (Å²) in [6.07, 6.45) is -3.30. The Balaban J connectivity index is 1.61. The Kier molecular flexibility index (Phi) is 4.67. The Morgan fingerprint density at radius 1 is 1.16 bits per heavy atom. The maximum atomic E-state index is 12.5. The van der Waals surface area contributed by atoms with E-state index in [1.807, 2.05) is 0 Å². The fraction of sp³-hybridized carbons (Fsp3) is 0.733. The number of ether oxygens (including phenoxy) is 1. The van der Waals surface area contributed by atoms with Gasteiger partial charge in [0.25, 0.3) is 0 Å². The number of carbonyl (C=O) groups is 1. The largest absolute Gasteiger partial charge is 0.390 e. The van der Waals surface area contributed by atoms with Crippen LogP contribution in [0.2, 0.25) is 0 Å². The highest BCUT2D eigenvalue weighted by atomic mass is 32.2. The number of aliphatic hydroxyl groups is 3. The summed E-state index contributed by atoms with van der Waals surface area (Å²) < 4.78 is 6.70. The average molecular weight is 388 g/mol. The zero-order chi connectivity index (χ0) is 17.7. The van der Waals surface area contributed by atoms with Crippen LogP contribution in [0.3, 0.4) is 0 Å². The lowest BCUT2D eigenvalue weighted by Crippen LogP contribution is -2.43. The average Bonchev–Trinajstić information content (AvgIpc) is 3.05. The molecule has 5 atom stereocenters. The third-order valence-corrected chi connectivity index (χ3v) is 7.69. The van der Waals surface area contributed by atoms with Crippen LogP contribution >= 0.6 is 23.1 Å². The summed E-state index contributed by atoms with van der Waals surface area (Å²) >= 11 is 2.40. The molecule has 0 radical (unpaired) electrons. The molecule has 1 aliphatic carbocycles. The third-order valence-electron chi connectivity index (χ3n) is 5.21. The number of amides is 1. The van der Waals surface area contributed by atoms with E-state index < -0.39 is 24.2 Å². The molecule has 4 rings (SSSR count). The number of morpholine rings is 1. The van der Waals surface area contributed by atoms with Crippen LogP contribution in [-0.4, -0.2) is 81.1 Å². The lowest BCUT2D eigenvalue weighted by molar-refractivity contribution is -0.136. The summed E-state index contributed by atoms with van der Waals surface area (Å²) in [6, 6.07) is 0. The fourth-order valence-electron chi connectivity index (χ4n) is 3.81. The van der Waals surface area contributed by atoms with Gasteiger partial charge in [-0.25, -0.2) is 0 Å². The Morgan fingerprint density at radius 2 is 1.88 bits per heavy atom. The predicted octanol–water partition coefficient (Wildman–Crippen LogP) is -1.33. The second-order valence-corrected chi connectivity index (χ2v) is 8.59. The quantitative estimate of drug-likeness (QED) is 0.575. The second-order valence-electron chi connectivity index (χ2n) is 6.59. The molecule has 3 aliphatic rings. The highest BCUT2D eigenvalue weighted by Crippen LogP contribution is 2.50. The number of rotatable bonds is 2. The van der Waals surface area contributed by atoms with Crippen LogP contribution in [0.15, 0.2) is 9.82 Å². The van der Waals surface area contributed by atoms with Gasteiger partial charge in [0.15, 0.2) is 0 Å². The summed E-state index contributed by atoms with van der Waals surface area (Å²) in [7, 11) is 0. The van der Waals surface area contributed by atoms with Crippen LogP contribution in [0.1, 0.15) is 10.8 Å². The molecule has 10 heteroatoms. The van der Waals surface area contributed by atoms with Gasteiger partial charge >= 0.3 is 4.87 Å². The van der Waals surface area contributed by atoms with Crippen molar-refractivity contribution in [2.45, 2.75) is 35.8 Å². The minimum Gasteiger partial charge on any atom is -0.390 e. The maximum Gasteiger partial charge on any atom is 0.308 e. The predicted molar refractivity (Wildman–Crippen MR) is 91.0 cm³/mol. The number of fused-ring (bicyclic) bond motifs is 3. The van der Waals surface area contributed by atoms with Crippen molar-refractivity contribution in [3.63, 3.8) is 0 Å². The topological polar surface area (TPSA) is 112 Å². The Hall–Kier alpha value is -0.910. The number of thiazole rings is 1. The van der Waals surface area contributed by atoms with Gasteiger partial charge in [-0.2, -0.15) is 0 Å². The van der Waals surface area contributed by atoms with Crippen LogP contribution in [0.4, 0.5) is 0 Å². The molecule has 0 bridgehead atoms. The molecule has 2 aliphatic heterocycles. The minimum atomic E-state index is -1.21. The van der Waals surface area contributed by atoms with Crippen molar-refractivity contribution in [3.05, 3.63) is 14.5 Å². The molecule has 3 heterocycles. The molecule has 8 nitrogen and oxygen atoms in total. The summed E-state index contributed by atoms with van der Waals surface area (Å²) in [4.78, 5) is 27.0. The first-order chi connectivity index (χ1) is 12.0. The summed E-state index contributed by atoms with van der Waals surface area (Å²) in [5.41, 5.74) is 0. The van der Waals surface area contributed by atoms with Crippen molar-refractivity contribution in [2.24, 2.45) is 5.92 Å². The first kappa shape index (κ1) is 17.5. The van der Waals surface area contributed by atoms with Gasteiger partial charge in [0.2, 0.25) is 5.91 Å². The second kappa shape index (κ2) is 6.67. The number of carbonyl (C=O) groups excluding carboxylic acids is 1. The number of hydrogen-bond donors (Lipinski definition) is 3. The van der Waals surface area contributed by atoms with E-state index in [0.717, 1.165) is 11.3 Å². The molecule has 2 fully saturated rings. The highest BCUT2D eigenvalue weighted by molar-refractivity contribution is 7.99. The molecule has 3 N–H and O–H groups in total. The van der Waals surface area contributed by atoms with Gasteiger partial charge in [-0.3, -0.25) is 14.2 Å². The van der Waals surface area contributed by atoms with Crippen molar-refractivity contribution in [2.75, 3.05) is 32.1 Å². The molecule has 1 aromatic rings. The number of thioether (sulfide) groups is 1. The van der Waals surface area contributed by atoms with E-state index >= 15 is 0 Å². The van der Waals surface area contributed by atoms with Crippen LogP contribution in [0.25, 0.3) is 0 Å². The molecule has 0 aromatic carbocycles. The number of nitrogens with zero attached hydrogens (tertiary/aromatic N) is 2. The number of aliphatic hydroxyl groups excluding tert-OH is 3. The lowest BCUT2D eigenvalue weighted by Gasteiger charge is -2.29. The van der Waals surface area contributed by atoms with Crippen molar-refractivity contribution < 1.29 is 24.9 Å². The molecular weight excluding hydrogens is 368 g/mol. The number of aromatic nitrogens is 1. The van der Waals surface area contributed by atoms with Gasteiger partial charge in [0.1, 0.15) is 12.6 Å². The number of hydrogen-bond acceptors (Lipinski definition) is 8. The SMILES string of the molecule is O=C(Cn1c2c(sc1=O)[C@H]1[C@@H](O)[C@@H](O)[C@H](O)[C@@H]1CS2)N1CCOCC1. The molecule has 1 saturated heterocycles. The summed E-state index contributed by atoms with van der Waals surface area (Å²) in [5.74, 6) is -0.377. The standard InChI is InChI=1S/C15H20N2O6S2/c18-8(16-1-3-23-4-2-16)5-17-14-13(25-15(17)22)9-7(6-24-14)10(19)12(21)11(9)20/h7,9-12,19-21H,1-6H2/t7-,9-,10-,11-,12+/m1/s1. The smallest absolute Gasteiger partial charge is 0.308 e. The van der Waals surface area contributed by atoms with E-state index in [2.05, 4.69) is 0 Å². The first-order valence-corrected chi connectivity index (χ1v) is 10.0. The molecule has 0 spiro atoms. The van der Waals surface area contributed by atoms with E-state index in [4.69, 9.17) is 4.74 Å². The van der Waals surface area contributed by atoms with Crippen molar-refractivity contribution in [1.29, 1.82) is 0 Å². The fourth-order valence-corrected chi connectivity index (χ4v) is 6.61. The zero-order valence-corrected chi connectivity index (χ0v) is 15.0. The first-order valence-electron chi connectivity index (χ1n) is 8.25. The van der Waals surface area contributed by atoms with Crippen molar-refractivity contribution in [3.8, 4) is 0 Å². The van der Waals surface area contributed by atoms with E-state index in [1.165, 1.54) is 16.3 Å². The molecular formula is C15H20N2O6S2. The van der Waals surface area contributed by atoms with Crippen LogP contribution in [0.5, 0.6) is 0 Å². The molecule has 0 unspecified atom stereocenters. The summed E-state index contributed by atoms with van der Waals surface area (Å²) in [6.45, 7) is 2.02. The van der Waals surface area contributed by atoms with Crippen molar-refractivity contribution in [1.82, 2.24) is 9.47 Å². The highest BCUT2D eigenvalue weighted by Gasteiger charge is 2.53. The van der Waals surface area contributed by atoms with E-state index in [-0.39, 0.29) is 23.2 Å². The summed E-state index contributed by atoms with van der Waals surface area (Å²) in [5, 5.41) is 31.0. The molecule has 1 saturated carbocycles. The normalized spacial score (nSPS) is 34.7. The maximum absolute atomic E-state index is 12.5. The van der Waals surface area contributed by atoms with E-state index in [0.29, 0.717) is 42.0 Å². The van der Waals surface area contributed by atoms with Gasteiger partial charge in [-0.1, -0.05) is 11.3 Å². The van der Waals surface area contributed by atoms with Gasteiger partial charge < -0.3 is 25.0 Å². The Bertz CT molecular complexity index is 728. The molecule has 25 heavy (non-hydrogen) atoms. The third kappa shape index (κ3) is 2.84. The van der Waals surface area contributed by atoms with Gasteiger partial charge in [-0.15, -0.1) is 11.8 Å². The van der Waals surface area contributed by atoms with Crippen LogP contribution in [-0.2, 0) is 16.1 Å². The van der Waals surface area contributed by atoms with Gasteiger partial charge in [0.05, 0.1) is 30.4 Å². The van der Waals surface area contributed by atoms with E-state index in [1.54, 1.807) is 4.90 Å².